The third kappa shape index (κ3) is 4.57. The third-order valence-corrected chi connectivity index (χ3v) is 2.46. The number of benzene rings is 1. The van der Waals surface area contributed by atoms with Gasteiger partial charge < -0.3 is 4.74 Å². The summed E-state index contributed by atoms with van der Waals surface area (Å²) < 4.78 is 30.7. The molecule has 0 aliphatic heterocycles. The maximum Gasteiger partial charge on any atom is 0.338 e. The van der Waals surface area contributed by atoms with Gasteiger partial charge in [-0.05, 0) is 51.0 Å². The molecule has 0 aromatic heterocycles. The molecule has 0 saturated heterocycles. The van der Waals surface area contributed by atoms with E-state index in [4.69, 9.17) is 0 Å². The molecule has 108 valence electrons. The van der Waals surface area contributed by atoms with Crippen molar-refractivity contribution in [3.63, 3.8) is 0 Å². The van der Waals surface area contributed by atoms with Crippen molar-refractivity contribution >= 4 is 17.5 Å². The van der Waals surface area contributed by atoms with Crippen molar-refractivity contribution in [1.82, 2.24) is 0 Å². The first-order valence-corrected chi connectivity index (χ1v) is 6.00. The lowest BCUT2D eigenvalue weighted by atomic mass is 9.97. The van der Waals surface area contributed by atoms with Crippen LogP contribution < -0.4 is 0 Å². The predicted octanol–water partition coefficient (Wildman–Crippen LogP) is 3.48. The van der Waals surface area contributed by atoms with Gasteiger partial charge in [0, 0.05) is 12.1 Å². The van der Waals surface area contributed by atoms with E-state index in [1.807, 2.05) is 0 Å². The topological polar surface area (TPSA) is 43.4 Å². The van der Waals surface area contributed by atoms with E-state index < -0.39 is 29.0 Å². The lowest BCUT2D eigenvalue weighted by Crippen LogP contribution is -2.25. The number of allylic oxidation sites excluding steroid dienone is 1. The number of ether oxygens (including phenoxy) is 1. The molecule has 0 aliphatic rings. The molecule has 0 atom stereocenters. The zero-order valence-electron chi connectivity index (χ0n) is 11.8. The van der Waals surface area contributed by atoms with E-state index >= 15 is 0 Å². The molecular weight excluding hydrogens is 266 g/mol. The fraction of sp³-hybridized carbons (Fsp3) is 0.333. The molecule has 0 aliphatic carbocycles. The molecule has 1 rings (SSSR count). The van der Waals surface area contributed by atoms with Crippen LogP contribution in [-0.2, 0) is 14.3 Å². The van der Waals surface area contributed by atoms with E-state index in [0.717, 1.165) is 24.3 Å². The predicted molar refractivity (Wildman–Crippen MR) is 70.6 cm³/mol. The van der Waals surface area contributed by atoms with Crippen LogP contribution in [-0.4, -0.2) is 11.9 Å². The first kappa shape index (κ1) is 16.0. The highest BCUT2D eigenvalue weighted by atomic mass is 19.1. The second-order valence-corrected chi connectivity index (χ2v) is 5.44. The number of carbonyl (C=O) groups is 2. The Morgan fingerprint density at radius 2 is 1.60 bits per heavy atom. The maximum atomic E-state index is 13.1. The largest absolute Gasteiger partial charge is 0.389 e. The summed E-state index contributed by atoms with van der Waals surface area (Å²) in [5.41, 5.74) is -0.291. The summed E-state index contributed by atoms with van der Waals surface area (Å²) in [6.45, 7) is 6.33. The Hall–Kier alpha value is -2.04. The van der Waals surface area contributed by atoms with E-state index in [9.17, 15) is 18.4 Å². The van der Waals surface area contributed by atoms with Gasteiger partial charge in [0.25, 0.3) is 0 Å². The Kier molecular flexibility index (Phi) is 4.76. The molecule has 0 heterocycles. The second-order valence-electron chi connectivity index (χ2n) is 5.44. The minimum atomic E-state index is -0.868. The second kappa shape index (κ2) is 5.94. The first-order valence-electron chi connectivity index (χ1n) is 6.00. The molecule has 0 N–H and O–H groups in total. The van der Waals surface area contributed by atoms with Crippen molar-refractivity contribution in [1.29, 1.82) is 0 Å². The van der Waals surface area contributed by atoms with Gasteiger partial charge >= 0.3 is 11.9 Å². The number of halogens is 2. The van der Waals surface area contributed by atoms with E-state index in [1.54, 1.807) is 20.8 Å². The highest BCUT2D eigenvalue weighted by Gasteiger charge is 2.25. The minimum Gasteiger partial charge on any atom is -0.389 e. The number of carbonyl (C=O) groups excluding carboxylic acids is 2. The molecule has 3 nitrogen and oxygen atoms in total. The van der Waals surface area contributed by atoms with E-state index in [-0.39, 0.29) is 5.56 Å². The maximum absolute atomic E-state index is 13.1. The van der Waals surface area contributed by atoms with Crippen LogP contribution in [0.2, 0.25) is 0 Å². The van der Waals surface area contributed by atoms with Gasteiger partial charge in [0.05, 0.1) is 5.41 Å². The van der Waals surface area contributed by atoms with E-state index in [1.165, 1.54) is 6.92 Å². The van der Waals surface area contributed by atoms with Crippen LogP contribution in [0, 0.1) is 17.0 Å². The zero-order chi connectivity index (χ0) is 15.5. The summed E-state index contributed by atoms with van der Waals surface area (Å²) in [7, 11) is 0. The van der Waals surface area contributed by atoms with E-state index in [2.05, 4.69) is 4.74 Å². The number of rotatable bonds is 2. The van der Waals surface area contributed by atoms with Gasteiger partial charge in [-0.15, -0.1) is 0 Å². The Morgan fingerprint density at radius 1 is 1.10 bits per heavy atom. The molecule has 0 bridgehead atoms. The summed E-state index contributed by atoms with van der Waals surface area (Å²) in [4.78, 5) is 23.1. The summed E-state index contributed by atoms with van der Waals surface area (Å²) in [5.74, 6) is -3.03. The van der Waals surface area contributed by atoms with Gasteiger partial charge in [-0.2, -0.15) is 0 Å². The summed E-state index contributed by atoms with van der Waals surface area (Å²) >= 11 is 0. The first-order chi connectivity index (χ1) is 9.09. The van der Waals surface area contributed by atoms with E-state index in [0.29, 0.717) is 5.57 Å². The Morgan fingerprint density at radius 3 is 2.05 bits per heavy atom. The fourth-order valence-corrected chi connectivity index (χ4v) is 1.32. The van der Waals surface area contributed by atoms with Crippen LogP contribution in [0.5, 0.6) is 0 Å². The van der Waals surface area contributed by atoms with Crippen LogP contribution in [0.25, 0.3) is 5.57 Å². The molecular formula is C15H16F2O3. The van der Waals surface area contributed by atoms with Crippen LogP contribution in [0.3, 0.4) is 0 Å². The molecule has 0 saturated carbocycles. The quantitative estimate of drug-likeness (QED) is 0.474. The highest BCUT2D eigenvalue weighted by molar-refractivity contribution is 5.98. The molecule has 0 amide bonds. The van der Waals surface area contributed by atoms with Crippen molar-refractivity contribution in [2.75, 3.05) is 0 Å². The minimum absolute atomic E-state index is 0.211. The van der Waals surface area contributed by atoms with Crippen LogP contribution in [0.4, 0.5) is 8.78 Å². The smallest absolute Gasteiger partial charge is 0.338 e. The molecule has 0 radical (unpaired) electrons. The van der Waals surface area contributed by atoms with Crippen LogP contribution in [0.1, 0.15) is 33.3 Å². The fourth-order valence-electron chi connectivity index (χ4n) is 1.32. The highest BCUT2D eigenvalue weighted by Crippen LogP contribution is 2.18. The monoisotopic (exact) mass is 282 g/mol. The van der Waals surface area contributed by atoms with Crippen LogP contribution >= 0.6 is 0 Å². The van der Waals surface area contributed by atoms with Gasteiger partial charge in [-0.1, -0.05) is 0 Å². The van der Waals surface area contributed by atoms with Gasteiger partial charge in [-0.3, -0.25) is 4.79 Å². The van der Waals surface area contributed by atoms with Gasteiger partial charge in [0.1, 0.15) is 11.6 Å². The molecule has 5 heteroatoms. The van der Waals surface area contributed by atoms with Crippen molar-refractivity contribution in [2.45, 2.75) is 27.7 Å². The Bertz CT molecular complexity index is 549. The third-order valence-electron chi connectivity index (χ3n) is 2.46. The summed E-state index contributed by atoms with van der Waals surface area (Å²) in [6, 6.07) is 2.92. The molecule has 0 unspecified atom stereocenters. The Labute approximate surface area is 116 Å². The number of hydrogen-bond donors (Lipinski definition) is 0. The molecule has 20 heavy (non-hydrogen) atoms. The average Bonchev–Trinajstić information content (AvgIpc) is 2.25. The number of esters is 2. The lowest BCUT2D eigenvalue weighted by Gasteiger charge is -2.14. The standard InChI is InChI=1S/C15H16F2O3/c1-9(10-6-11(16)8-12(17)7-10)5-13(18)20-14(19)15(2,3)4/h5-8H,1-4H3/b9-5-. The molecule has 1 aromatic rings. The Balaban J connectivity index is 2.88. The normalized spacial score (nSPS) is 12.2. The summed E-state index contributed by atoms with van der Waals surface area (Å²) in [6.07, 6.45) is 1.03. The van der Waals surface area contributed by atoms with Crippen molar-refractivity contribution in [2.24, 2.45) is 5.41 Å². The van der Waals surface area contributed by atoms with Crippen molar-refractivity contribution < 1.29 is 23.1 Å². The van der Waals surface area contributed by atoms with Crippen molar-refractivity contribution in [3.05, 3.63) is 41.5 Å². The zero-order valence-corrected chi connectivity index (χ0v) is 11.8. The van der Waals surface area contributed by atoms with Gasteiger partial charge in [0.15, 0.2) is 0 Å². The summed E-state index contributed by atoms with van der Waals surface area (Å²) in [5, 5.41) is 0. The lowest BCUT2D eigenvalue weighted by molar-refractivity contribution is -0.162. The molecule has 0 fully saturated rings. The molecule has 0 spiro atoms. The average molecular weight is 282 g/mol. The van der Waals surface area contributed by atoms with Gasteiger partial charge in [0.2, 0.25) is 0 Å². The van der Waals surface area contributed by atoms with Gasteiger partial charge in [-0.25, -0.2) is 13.6 Å². The SMILES string of the molecule is C/C(=C/C(=O)OC(=O)C(C)(C)C)c1cc(F)cc(F)c1. The number of hydrogen-bond acceptors (Lipinski definition) is 3. The van der Waals surface area contributed by atoms with Crippen molar-refractivity contribution in [3.8, 4) is 0 Å². The molecule has 1 aromatic carbocycles. The van der Waals surface area contributed by atoms with Crippen LogP contribution in [0.15, 0.2) is 24.3 Å².